The zero-order valence-electron chi connectivity index (χ0n) is 13.9. The molecule has 11 nitrogen and oxygen atoms in total. The molecule has 3 aliphatic heterocycles. The zero-order chi connectivity index (χ0) is 18.9. The number of amides is 3. The Labute approximate surface area is 156 Å². The lowest BCUT2D eigenvalue weighted by Crippen LogP contribution is -2.50. The largest absolute Gasteiger partial charge is 0.418 e. The number of hydrogen-bond donors (Lipinski definition) is 4. The van der Waals surface area contributed by atoms with Crippen LogP contribution in [-0.2, 0) is 24.3 Å². The zero-order valence-corrected chi connectivity index (χ0v) is 15.6. The van der Waals surface area contributed by atoms with Gasteiger partial charge in [0.05, 0.1) is 12.6 Å². The first-order valence-electron chi connectivity index (χ1n) is 8.31. The summed E-state index contributed by atoms with van der Waals surface area (Å²) in [7, 11) is -4.81. The van der Waals surface area contributed by atoms with Crippen LogP contribution in [0.25, 0.3) is 0 Å². The van der Waals surface area contributed by atoms with Crippen molar-refractivity contribution in [1.82, 2.24) is 20.8 Å². The number of rotatable bonds is 7. The Kier molecular flexibility index (Phi) is 5.94. The number of piperidine rings is 1. The molecule has 3 fully saturated rings. The Balaban J connectivity index is 1.49. The number of carbonyl (C=O) groups excluding carboxylic acids is 2. The lowest BCUT2D eigenvalue weighted by Gasteiger charge is -2.29. The van der Waals surface area contributed by atoms with E-state index >= 15 is 0 Å². The van der Waals surface area contributed by atoms with Crippen LogP contribution in [0.4, 0.5) is 4.79 Å². The van der Waals surface area contributed by atoms with E-state index in [1.54, 1.807) is 0 Å². The summed E-state index contributed by atoms with van der Waals surface area (Å²) < 4.78 is 34.8. The number of nitrogens with zero attached hydrogens (tertiary/aromatic N) is 2. The van der Waals surface area contributed by atoms with Crippen molar-refractivity contribution in [3.63, 3.8) is 0 Å². The molecule has 0 aromatic carbocycles. The Morgan fingerprint density at radius 2 is 2.19 bits per heavy atom. The molecule has 148 valence electrons. The van der Waals surface area contributed by atoms with Gasteiger partial charge in [-0.05, 0) is 37.5 Å². The minimum absolute atomic E-state index is 0.134. The van der Waals surface area contributed by atoms with Gasteiger partial charge in [-0.25, -0.2) is 10.3 Å². The van der Waals surface area contributed by atoms with Crippen LogP contribution in [0.5, 0.6) is 0 Å². The average Bonchev–Trinajstić information content (AvgIpc) is 3.13. The van der Waals surface area contributed by atoms with Crippen LogP contribution in [0.3, 0.4) is 0 Å². The first-order valence-corrected chi connectivity index (χ1v) is 10.3. The lowest BCUT2D eigenvalue weighted by atomic mass is 10.0. The average molecular weight is 410 g/mol. The van der Waals surface area contributed by atoms with E-state index in [2.05, 4.69) is 27.7 Å². The molecule has 26 heavy (non-hydrogen) atoms. The molecule has 3 rings (SSSR count). The number of fused-ring (bicyclic) bond motifs is 2. The predicted molar refractivity (Wildman–Crippen MR) is 91.2 cm³/mol. The Hall–Kier alpha value is -1.12. The summed E-state index contributed by atoms with van der Waals surface area (Å²) in [5.41, 5.74) is 2.36. The lowest BCUT2D eigenvalue weighted by molar-refractivity contribution is -0.139. The molecule has 2 bridgehead atoms. The third-order valence-corrected chi connectivity index (χ3v) is 5.69. The van der Waals surface area contributed by atoms with Gasteiger partial charge in [-0.2, -0.15) is 26.1 Å². The number of thiol groups is 1. The number of carbonyl (C=O) groups is 2. The van der Waals surface area contributed by atoms with Gasteiger partial charge < -0.3 is 10.2 Å². The van der Waals surface area contributed by atoms with Crippen molar-refractivity contribution in [1.29, 1.82) is 0 Å². The Morgan fingerprint density at radius 1 is 1.42 bits per heavy atom. The van der Waals surface area contributed by atoms with Crippen molar-refractivity contribution in [3.8, 4) is 0 Å². The standard InChI is InChI=1S/C13H22N4O7S2/c18-12(15-23-6-9-3-8(7-25)4-14-9)11-2-1-10-5-16(11)13(19)17(10)24-26(20,21)22/h8-11,14,25H,1-7H2,(H,15,18)(H,20,21,22)/t8-,9+,10+,11-/m0/s1. The van der Waals surface area contributed by atoms with Gasteiger partial charge in [-0.3, -0.25) is 14.2 Å². The fourth-order valence-corrected chi connectivity index (χ4v) is 4.22. The first kappa shape index (κ1) is 19.6. The number of hydrogen-bond acceptors (Lipinski definition) is 8. The van der Waals surface area contributed by atoms with Gasteiger partial charge in [0.2, 0.25) is 0 Å². The molecule has 3 aliphatic rings. The Morgan fingerprint density at radius 3 is 2.85 bits per heavy atom. The van der Waals surface area contributed by atoms with E-state index in [1.165, 1.54) is 4.90 Å². The fourth-order valence-electron chi connectivity index (χ4n) is 3.55. The third-order valence-electron chi connectivity index (χ3n) is 4.83. The van der Waals surface area contributed by atoms with Crippen LogP contribution >= 0.6 is 12.6 Å². The van der Waals surface area contributed by atoms with Crippen LogP contribution < -0.4 is 10.8 Å². The molecular weight excluding hydrogens is 388 g/mol. The van der Waals surface area contributed by atoms with Crippen LogP contribution in [0.15, 0.2) is 0 Å². The molecule has 0 aromatic rings. The van der Waals surface area contributed by atoms with Gasteiger partial charge >= 0.3 is 16.4 Å². The molecule has 3 amide bonds. The summed E-state index contributed by atoms with van der Waals surface area (Å²) in [5.74, 6) is 0.793. The van der Waals surface area contributed by atoms with E-state index in [0.29, 0.717) is 30.4 Å². The minimum atomic E-state index is -4.81. The quantitative estimate of drug-likeness (QED) is 0.237. The van der Waals surface area contributed by atoms with Gasteiger partial charge in [-0.1, -0.05) is 0 Å². The first-order chi connectivity index (χ1) is 12.3. The number of nitrogens with one attached hydrogen (secondary N) is 2. The molecule has 3 heterocycles. The normalized spacial score (nSPS) is 31.5. The van der Waals surface area contributed by atoms with Crippen LogP contribution in [0, 0.1) is 5.92 Å². The molecular formula is C13H22N4O7S2. The van der Waals surface area contributed by atoms with E-state index < -0.39 is 34.4 Å². The maximum atomic E-state index is 12.3. The maximum Gasteiger partial charge on any atom is 0.418 e. The molecule has 13 heteroatoms. The SMILES string of the molecule is O=C(NOC[C@H]1C[C@H](CS)CN1)[C@@H]1CC[C@@H]2CN1C(=O)N2OS(=O)(=O)O. The summed E-state index contributed by atoms with van der Waals surface area (Å²) in [6.07, 6.45) is 1.61. The van der Waals surface area contributed by atoms with Crippen LogP contribution in [-0.4, -0.2) is 78.4 Å². The second-order valence-electron chi connectivity index (χ2n) is 6.68. The predicted octanol–water partition coefficient (Wildman–Crippen LogP) is -1.05. The van der Waals surface area contributed by atoms with Crippen molar-refractivity contribution < 1.29 is 31.7 Å². The summed E-state index contributed by atoms with van der Waals surface area (Å²) in [5, 5.41) is 3.88. The van der Waals surface area contributed by atoms with E-state index in [-0.39, 0.29) is 12.6 Å². The maximum absolute atomic E-state index is 12.3. The molecule has 0 saturated carbocycles. The molecule has 3 saturated heterocycles. The van der Waals surface area contributed by atoms with Crippen LogP contribution in [0.1, 0.15) is 19.3 Å². The van der Waals surface area contributed by atoms with Crippen molar-refractivity contribution in [2.75, 3.05) is 25.4 Å². The molecule has 0 unspecified atom stereocenters. The molecule has 0 aliphatic carbocycles. The van der Waals surface area contributed by atoms with Gasteiger partial charge in [0.15, 0.2) is 0 Å². The second kappa shape index (κ2) is 7.86. The molecule has 0 aromatic heterocycles. The van der Waals surface area contributed by atoms with Gasteiger partial charge in [0.25, 0.3) is 5.91 Å². The summed E-state index contributed by atoms with van der Waals surface area (Å²) in [4.78, 5) is 31.1. The topological polar surface area (TPSA) is 138 Å². The number of urea groups is 1. The smallest absolute Gasteiger partial charge is 0.311 e. The monoisotopic (exact) mass is 410 g/mol. The highest BCUT2D eigenvalue weighted by Gasteiger charge is 2.49. The minimum Gasteiger partial charge on any atom is -0.311 e. The van der Waals surface area contributed by atoms with E-state index in [0.717, 1.165) is 18.7 Å². The molecule has 0 radical (unpaired) electrons. The Bertz CT molecular complexity index is 661. The third kappa shape index (κ3) is 4.40. The fraction of sp³-hybridized carbons (Fsp3) is 0.846. The van der Waals surface area contributed by atoms with Crippen molar-refractivity contribution >= 4 is 35.0 Å². The second-order valence-corrected chi connectivity index (χ2v) is 8.05. The van der Waals surface area contributed by atoms with Crippen molar-refractivity contribution in [3.05, 3.63) is 0 Å². The highest BCUT2D eigenvalue weighted by molar-refractivity contribution is 7.80. The van der Waals surface area contributed by atoms with Gasteiger partial charge in [0.1, 0.15) is 6.04 Å². The molecule has 3 N–H and O–H groups in total. The highest BCUT2D eigenvalue weighted by Crippen LogP contribution is 2.30. The van der Waals surface area contributed by atoms with Gasteiger partial charge in [0, 0.05) is 12.6 Å². The summed E-state index contributed by atoms with van der Waals surface area (Å²) in [6.45, 7) is 1.30. The van der Waals surface area contributed by atoms with Crippen molar-refractivity contribution in [2.24, 2.45) is 5.92 Å². The van der Waals surface area contributed by atoms with Gasteiger partial charge in [-0.15, -0.1) is 4.28 Å². The van der Waals surface area contributed by atoms with Crippen LogP contribution in [0.2, 0.25) is 0 Å². The van der Waals surface area contributed by atoms with E-state index in [4.69, 9.17) is 9.39 Å². The van der Waals surface area contributed by atoms with E-state index in [9.17, 15) is 18.0 Å². The summed E-state index contributed by atoms with van der Waals surface area (Å²) in [6, 6.07) is -1.96. The molecule has 0 spiro atoms. The highest BCUT2D eigenvalue weighted by atomic mass is 32.3. The number of hydroxylamine groups is 3. The summed E-state index contributed by atoms with van der Waals surface area (Å²) >= 11 is 4.26. The molecule has 4 atom stereocenters. The van der Waals surface area contributed by atoms with E-state index in [1.807, 2.05) is 0 Å². The van der Waals surface area contributed by atoms with Crippen molar-refractivity contribution in [2.45, 2.75) is 37.4 Å².